The SMILES string of the molecule is C[C@H](NC(=O)C=Cc1ccc(F)cc1)c1ccc(F)c(N2CCOCC2)c1. The quantitative estimate of drug-likeness (QED) is 0.814. The normalized spacial score (nSPS) is 15.7. The van der Waals surface area contributed by atoms with Crippen molar-refractivity contribution in [2.24, 2.45) is 0 Å². The van der Waals surface area contributed by atoms with Crippen LogP contribution >= 0.6 is 0 Å². The minimum Gasteiger partial charge on any atom is -0.378 e. The van der Waals surface area contributed by atoms with Crippen LogP contribution in [0.25, 0.3) is 6.08 Å². The Bertz CT molecular complexity index is 815. The van der Waals surface area contributed by atoms with E-state index < -0.39 is 0 Å². The lowest BCUT2D eigenvalue weighted by atomic mass is 10.1. The number of nitrogens with zero attached hydrogens (tertiary/aromatic N) is 1. The molecule has 0 spiro atoms. The topological polar surface area (TPSA) is 41.6 Å². The molecule has 0 aromatic heterocycles. The van der Waals surface area contributed by atoms with Gasteiger partial charge in [0.15, 0.2) is 0 Å². The number of ether oxygens (including phenoxy) is 1. The molecule has 1 heterocycles. The van der Waals surface area contributed by atoms with E-state index in [1.807, 2.05) is 11.8 Å². The summed E-state index contributed by atoms with van der Waals surface area (Å²) in [5.41, 5.74) is 2.08. The molecule has 2 aromatic rings. The van der Waals surface area contributed by atoms with E-state index in [1.54, 1.807) is 30.3 Å². The number of hydrogen-bond donors (Lipinski definition) is 1. The maximum Gasteiger partial charge on any atom is 0.244 e. The average Bonchev–Trinajstić information content (AvgIpc) is 2.68. The molecule has 0 aliphatic carbocycles. The van der Waals surface area contributed by atoms with Crippen molar-refractivity contribution in [1.29, 1.82) is 0 Å². The fourth-order valence-corrected chi connectivity index (χ4v) is 2.94. The third-order valence-corrected chi connectivity index (χ3v) is 4.48. The summed E-state index contributed by atoms with van der Waals surface area (Å²) in [5, 5.41) is 2.86. The van der Waals surface area contributed by atoms with Gasteiger partial charge in [0, 0.05) is 19.2 Å². The van der Waals surface area contributed by atoms with Crippen molar-refractivity contribution in [3.05, 3.63) is 71.3 Å². The van der Waals surface area contributed by atoms with Gasteiger partial charge in [-0.25, -0.2) is 8.78 Å². The first-order valence-electron chi connectivity index (χ1n) is 8.89. The Morgan fingerprint density at radius 3 is 2.56 bits per heavy atom. The van der Waals surface area contributed by atoms with E-state index in [9.17, 15) is 13.6 Å². The highest BCUT2D eigenvalue weighted by molar-refractivity contribution is 5.92. The molecule has 1 aliphatic rings. The Balaban J connectivity index is 1.65. The molecule has 0 radical (unpaired) electrons. The van der Waals surface area contributed by atoms with Gasteiger partial charge in [0.25, 0.3) is 0 Å². The molecule has 6 heteroatoms. The van der Waals surface area contributed by atoms with Crippen molar-refractivity contribution >= 4 is 17.7 Å². The Hall–Kier alpha value is -2.73. The first-order valence-corrected chi connectivity index (χ1v) is 8.89. The first-order chi connectivity index (χ1) is 13.0. The molecule has 4 nitrogen and oxygen atoms in total. The van der Waals surface area contributed by atoms with Crippen molar-refractivity contribution in [3.8, 4) is 0 Å². The van der Waals surface area contributed by atoms with Crippen molar-refractivity contribution in [2.75, 3.05) is 31.2 Å². The van der Waals surface area contributed by atoms with Crippen LogP contribution in [-0.2, 0) is 9.53 Å². The number of halogens is 2. The van der Waals surface area contributed by atoms with Gasteiger partial charge in [-0.15, -0.1) is 0 Å². The highest BCUT2D eigenvalue weighted by Crippen LogP contribution is 2.25. The van der Waals surface area contributed by atoms with E-state index in [0.29, 0.717) is 32.0 Å². The molecule has 1 fully saturated rings. The van der Waals surface area contributed by atoms with Crippen LogP contribution in [-0.4, -0.2) is 32.2 Å². The zero-order valence-corrected chi connectivity index (χ0v) is 15.1. The summed E-state index contributed by atoms with van der Waals surface area (Å²) in [6.45, 7) is 4.28. The lowest BCUT2D eigenvalue weighted by Crippen LogP contribution is -2.37. The van der Waals surface area contributed by atoms with E-state index in [4.69, 9.17) is 4.74 Å². The second kappa shape index (κ2) is 8.77. The van der Waals surface area contributed by atoms with E-state index in [1.165, 1.54) is 24.3 Å². The molecule has 0 bridgehead atoms. The van der Waals surface area contributed by atoms with E-state index in [0.717, 1.165) is 11.1 Å². The summed E-state index contributed by atoms with van der Waals surface area (Å²) in [5.74, 6) is -0.878. The Labute approximate surface area is 157 Å². The average molecular weight is 372 g/mol. The summed E-state index contributed by atoms with van der Waals surface area (Å²) in [6, 6.07) is 10.5. The summed E-state index contributed by atoms with van der Waals surface area (Å²) in [6.07, 6.45) is 3.02. The number of carbonyl (C=O) groups is 1. The lowest BCUT2D eigenvalue weighted by molar-refractivity contribution is -0.117. The van der Waals surface area contributed by atoms with Crippen LogP contribution in [0.1, 0.15) is 24.1 Å². The van der Waals surface area contributed by atoms with Crippen LogP contribution in [0.4, 0.5) is 14.5 Å². The minimum atomic E-state index is -0.322. The van der Waals surface area contributed by atoms with Gasteiger partial charge in [-0.2, -0.15) is 0 Å². The van der Waals surface area contributed by atoms with Gasteiger partial charge in [-0.1, -0.05) is 18.2 Å². The maximum absolute atomic E-state index is 14.2. The van der Waals surface area contributed by atoms with E-state index in [2.05, 4.69) is 5.32 Å². The van der Waals surface area contributed by atoms with Crippen molar-refractivity contribution in [1.82, 2.24) is 5.32 Å². The van der Waals surface area contributed by atoms with Gasteiger partial charge < -0.3 is 15.0 Å². The number of carbonyl (C=O) groups excluding carboxylic acids is 1. The monoisotopic (exact) mass is 372 g/mol. The Morgan fingerprint density at radius 1 is 1.15 bits per heavy atom. The van der Waals surface area contributed by atoms with Crippen molar-refractivity contribution < 1.29 is 18.3 Å². The van der Waals surface area contributed by atoms with Gasteiger partial charge in [-0.3, -0.25) is 4.79 Å². The summed E-state index contributed by atoms with van der Waals surface area (Å²) >= 11 is 0. The smallest absolute Gasteiger partial charge is 0.244 e. The van der Waals surface area contributed by atoms with Gasteiger partial charge in [-0.05, 0) is 48.4 Å². The number of amides is 1. The summed E-state index contributed by atoms with van der Waals surface area (Å²) < 4.78 is 32.4. The number of anilines is 1. The van der Waals surface area contributed by atoms with Crippen LogP contribution in [0.5, 0.6) is 0 Å². The van der Waals surface area contributed by atoms with Crippen LogP contribution in [0, 0.1) is 11.6 Å². The van der Waals surface area contributed by atoms with Crippen molar-refractivity contribution in [2.45, 2.75) is 13.0 Å². The Kier molecular flexibility index (Phi) is 6.19. The third-order valence-electron chi connectivity index (χ3n) is 4.48. The van der Waals surface area contributed by atoms with Crippen LogP contribution in [0.2, 0.25) is 0 Å². The molecule has 3 rings (SSSR count). The highest BCUT2D eigenvalue weighted by Gasteiger charge is 2.17. The fraction of sp³-hybridized carbons (Fsp3) is 0.286. The van der Waals surface area contributed by atoms with Crippen LogP contribution in [0.3, 0.4) is 0 Å². The molecule has 142 valence electrons. The highest BCUT2D eigenvalue weighted by atomic mass is 19.1. The predicted octanol–water partition coefficient (Wildman–Crippen LogP) is 3.69. The number of morpholine rings is 1. The first kappa shape index (κ1) is 19.0. The third kappa shape index (κ3) is 5.14. The van der Waals surface area contributed by atoms with Gasteiger partial charge in [0.1, 0.15) is 11.6 Å². The van der Waals surface area contributed by atoms with Gasteiger partial charge in [0.05, 0.1) is 24.9 Å². The molecular weight excluding hydrogens is 350 g/mol. The van der Waals surface area contributed by atoms with E-state index >= 15 is 0 Å². The van der Waals surface area contributed by atoms with Crippen LogP contribution < -0.4 is 10.2 Å². The molecule has 27 heavy (non-hydrogen) atoms. The number of benzene rings is 2. The molecule has 0 unspecified atom stereocenters. The second-order valence-corrected chi connectivity index (χ2v) is 6.43. The maximum atomic E-state index is 14.2. The Morgan fingerprint density at radius 2 is 1.85 bits per heavy atom. The molecule has 0 saturated carbocycles. The predicted molar refractivity (Wildman–Crippen MR) is 101 cm³/mol. The molecule has 1 aliphatic heterocycles. The molecular formula is C21H22F2N2O2. The molecule has 1 amide bonds. The number of rotatable bonds is 5. The summed E-state index contributed by atoms with van der Waals surface area (Å²) in [7, 11) is 0. The lowest BCUT2D eigenvalue weighted by Gasteiger charge is -2.29. The molecule has 2 aromatic carbocycles. The van der Waals surface area contributed by atoms with E-state index in [-0.39, 0.29) is 23.6 Å². The largest absolute Gasteiger partial charge is 0.378 e. The van der Waals surface area contributed by atoms with Crippen molar-refractivity contribution in [3.63, 3.8) is 0 Å². The summed E-state index contributed by atoms with van der Waals surface area (Å²) in [4.78, 5) is 14.1. The fourth-order valence-electron chi connectivity index (χ4n) is 2.94. The zero-order valence-electron chi connectivity index (χ0n) is 15.1. The minimum absolute atomic E-state index is 0.274. The number of hydrogen-bond acceptors (Lipinski definition) is 3. The number of nitrogens with one attached hydrogen (secondary N) is 1. The molecule has 1 saturated heterocycles. The van der Waals surface area contributed by atoms with Gasteiger partial charge in [0.2, 0.25) is 5.91 Å². The standard InChI is InChI=1S/C21H22F2N2O2/c1-15(24-21(26)9-4-16-2-6-18(22)7-3-16)17-5-8-19(23)20(14-17)25-10-12-27-13-11-25/h2-9,14-15H,10-13H2,1H3,(H,24,26)/t15-/m0/s1. The molecule has 1 atom stereocenters. The van der Waals surface area contributed by atoms with Crippen LogP contribution in [0.15, 0.2) is 48.5 Å². The zero-order chi connectivity index (χ0) is 19.2. The second-order valence-electron chi connectivity index (χ2n) is 6.43. The molecule has 1 N–H and O–H groups in total. The van der Waals surface area contributed by atoms with Gasteiger partial charge >= 0.3 is 0 Å².